The van der Waals surface area contributed by atoms with Crippen LogP contribution in [0.2, 0.25) is 0 Å². The lowest BCUT2D eigenvalue weighted by Crippen LogP contribution is -2.25. The third kappa shape index (κ3) is 3.81. The van der Waals surface area contributed by atoms with Crippen LogP contribution in [0.25, 0.3) is 0 Å². The number of nitrogens with zero attached hydrogens (tertiary/aromatic N) is 4. The first-order valence-corrected chi connectivity index (χ1v) is 7.13. The Labute approximate surface area is 125 Å². The Morgan fingerprint density at radius 2 is 1.62 bits per heavy atom. The number of nitrogens with one attached hydrogen (secondary N) is 1. The molecule has 1 heterocycles. The van der Waals surface area contributed by atoms with Gasteiger partial charge in [0.05, 0.1) is 0 Å². The van der Waals surface area contributed by atoms with Gasteiger partial charge < -0.3 is 16.0 Å². The Kier molecular flexibility index (Phi) is 4.57. The summed E-state index contributed by atoms with van der Waals surface area (Å²) in [7, 11) is 0. The van der Waals surface area contributed by atoms with Crippen molar-refractivity contribution in [3.8, 4) is 0 Å². The van der Waals surface area contributed by atoms with Crippen LogP contribution in [-0.2, 0) is 0 Å². The van der Waals surface area contributed by atoms with Gasteiger partial charge in [0, 0.05) is 18.8 Å². The van der Waals surface area contributed by atoms with Gasteiger partial charge in [0.15, 0.2) is 0 Å². The molecule has 0 unspecified atom stereocenters. The van der Waals surface area contributed by atoms with Crippen molar-refractivity contribution in [2.45, 2.75) is 27.7 Å². The van der Waals surface area contributed by atoms with E-state index < -0.39 is 0 Å². The zero-order valence-electron chi connectivity index (χ0n) is 13.0. The van der Waals surface area contributed by atoms with Crippen LogP contribution < -0.4 is 16.0 Å². The zero-order valence-corrected chi connectivity index (χ0v) is 13.0. The first kappa shape index (κ1) is 15.0. The predicted molar refractivity (Wildman–Crippen MR) is 87.0 cm³/mol. The molecule has 0 aliphatic carbocycles. The second kappa shape index (κ2) is 6.39. The molecule has 0 bridgehead atoms. The average molecular weight is 286 g/mol. The van der Waals surface area contributed by atoms with E-state index in [1.165, 1.54) is 11.1 Å². The normalized spacial score (nSPS) is 10.5. The molecule has 6 nitrogen and oxygen atoms in total. The van der Waals surface area contributed by atoms with Crippen LogP contribution in [-0.4, -0.2) is 28.0 Å². The molecule has 0 atom stereocenters. The second-order valence-corrected chi connectivity index (χ2v) is 4.99. The Hall–Kier alpha value is -2.37. The van der Waals surface area contributed by atoms with Crippen LogP contribution in [0, 0.1) is 13.8 Å². The number of aryl methyl sites for hydroxylation is 2. The largest absolute Gasteiger partial charge is 0.368 e. The topological polar surface area (TPSA) is 80.0 Å². The number of rotatable bonds is 5. The summed E-state index contributed by atoms with van der Waals surface area (Å²) in [5.41, 5.74) is 9.11. The number of hydrogen-bond donors (Lipinski definition) is 2. The minimum Gasteiger partial charge on any atom is -0.368 e. The standard InChI is InChI=1S/C15H22N6/c1-5-21(6-2)15-19-13(16)18-14(20-15)17-12-8-10(3)7-11(4)9-12/h7-9H,5-6H2,1-4H3,(H3,16,17,18,19,20). The van der Waals surface area contributed by atoms with Gasteiger partial charge in [-0.1, -0.05) is 6.07 Å². The lowest BCUT2D eigenvalue weighted by Gasteiger charge is -2.19. The van der Waals surface area contributed by atoms with Crippen molar-refractivity contribution in [1.29, 1.82) is 0 Å². The number of nitrogen functional groups attached to an aromatic ring is 1. The molecule has 1 aromatic heterocycles. The summed E-state index contributed by atoms with van der Waals surface area (Å²) in [4.78, 5) is 14.8. The van der Waals surface area contributed by atoms with Crippen LogP contribution in [0.1, 0.15) is 25.0 Å². The van der Waals surface area contributed by atoms with Gasteiger partial charge in [-0.15, -0.1) is 0 Å². The minimum absolute atomic E-state index is 0.221. The first-order valence-electron chi connectivity index (χ1n) is 7.13. The second-order valence-electron chi connectivity index (χ2n) is 4.99. The molecule has 0 saturated heterocycles. The van der Waals surface area contributed by atoms with Crippen molar-refractivity contribution >= 4 is 23.5 Å². The van der Waals surface area contributed by atoms with Gasteiger partial charge in [-0.2, -0.15) is 15.0 Å². The number of benzene rings is 1. The molecule has 2 aromatic rings. The minimum atomic E-state index is 0.221. The van der Waals surface area contributed by atoms with Crippen molar-refractivity contribution in [2.24, 2.45) is 0 Å². The molecular formula is C15H22N6. The monoisotopic (exact) mass is 286 g/mol. The van der Waals surface area contributed by atoms with Gasteiger partial charge in [-0.25, -0.2) is 0 Å². The Morgan fingerprint density at radius 1 is 1.00 bits per heavy atom. The number of nitrogens with two attached hydrogens (primary N) is 1. The van der Waals surface area contributed by atoms with Gasteiger partial charge in [-0.3, -0.25) is 0 Å². The molecule has 0 amide bonds. The third-order valence-corrected chi connectivity index (χ3v) is 3.17. The average Bonchev–Trinajstić information content (AvgIpc) is 2.38. The summed E-state index contributed by atoms with van der Waals surface area (Å²) < 4.78 is 0. The summed E-state index contributed by atoms with van der Waals surface area (Å²) in [5, 5.41) is 3.20. The van der Waals surface area contributed by atoms with E-state index in [-0.39, 0.29) is 5.95 Å². The van der Waals surface area contributed by atoms with Gasteiger partial charge >= 0.3 is 0 Å². The fraction of sp³-hybridized carbons (Fsp3) is 0.400. The molecule has 112 valence electrons. The van der Waals surface area contributed by atoms with E-state index >= 15 is 0 Å². The molecule has 0 fully saturated rings. The van der Waals surface area contributed by atoms with E-state index in [0.29, 0.717) is 11.9 Å². The van der Waals surface area contributed by atoms with Gasteiger partial charge in [0.2, 0.25) is 17.8 Å². The maximum absolute atomic E-state index is 5.79. The van der Waals surface area contributed by atoms with E-state index in [0.717, 1.165) is 18.8 Å². The van der Waals surface area contributed by atoms with Crippen molar-refractivity contribution < 1.29 is 0 Å². The van der Waals surface area contributed by atoms with Crippen LogP contribution >= 0.6 is 0 Å². The Balaban J connectivity index is 2.31. The highest BCUT2D eigenvalue weighted by Gasteiger charge is 2.10. The SMILES string of the molecule is CCN(CC)c1nc(N)nc(Nc2cc(C)cc(C)c2)n1. The van der Waals surface area contributed by atoms with Crippen molar-refractivity contribution in [2.75, 3.05) is 29.0 Å². The molecule has 1 aromatic carbocycles. The van der Waals surface area contributed by atoms with Gasteiger partial charge in [-0.05, 0) is 51.0 Å². The number of hydrogen-bond acceptors (Lipinski definition) is 6. The van der Waals surface area contributed by atoms with E-state index in [9.17, 15) is 0 Å². The highest BCUT2D eigenvalue weighted by Crippen LogP contribution is 2.19. The molecule has 0 radical (unpaired) electrons. The summed E-state index contributed by atoms with van der Waals surface area (Å²) in [5.74, 6) is 1.28. The van der Waals surface area contributed by atoms with Crippen LogP contribution in [0.3, 0.4) is 0 Å². The maximum atomic E-state index is 5.79. The van der Waals surface area contributed by atoms with Gasteiger partial charge in [0.1, 0.15) is 0 Å². The fourth-order valence-electron chi connectivity index (χ4n) is 2.26. The smallest absolute Gasteiger partial charge is 0.233 e. The predicted octanol–water partition coefficient (Wildman–Crippen LogP) is 2.66. The highest BCUT2D eigenvalue weighted by atomic mass is 15.3. The lowest BCUT2D eigenvalue weighted by molar-refractivity contribution is 0.816. The first-order chi connectivity index (χ1) is 10.0. The van der Waals surface area contributed by atoms with Gasteiger partial charge in [0.25, 0.3) is 0 Å². The molecule has 3 N–H and O–H groups in total. The highest BCUT2D eigenvalue weighted by molar-refractivity contribution is 5.57. The zero-order chi connectivity index (χ0) is 15.4. The Morgan fingerprint density at radius 3 is 2.19 bits per heavy atom. The Bertz CT molecular complexity index is 601. The quantitative estimate of drug-likeness (QED) is 0.879. The number of anilines is 4. The van der Waals surface area contributed by atoms with Crippen molar-refractivity contribution in [1.82, 2.24) is 15.0 Å². The van der Waals surface area contributed by atoms with Crippen LogP contribution in [0.4, 0.5) is 23.5 Å². The number of aromatic nitrogens is 3. The van der Waals surface area contributed by atoms with E-state index in [4.69, 9.17) is 5.73 Å². The summed E-state index contributed by atoms with van der Waals surface area (Å²) in [6.07, 6.45) is 0. The lowest BCUT2D eigenvalue weighted by atomic mass is 10.1. The molecule has 0 spiro atoms. The molecule has 21 heavy (non-hydrogen) atoms. The molecule has 6 heteroatoms. The summed E-state index contributed by atoms with van der Waals surface area (Å²) >= 11 is 0. The van der Waals surface area contributed by atoms with Crippen molar-refractivity contribution in [3.63, 3.8) is 0 Å². The summed E-state index contributed by atoms with van der Waals surface area (Å²) in [6.45, 7) is 9.87. The van der Waals surface area contributed by atoms with Crippen molar-refractivity contribution in [3.05, 3.63) is 29.3 Å². The molecule has 0 aliphatic heterocycles. The van der Waals surface area contributed by atoms with E-state index in [1.54, 1.807) is 0 Å². The van der Waals surface area contributed by atoms with Crippen LogP contribution in [0.15, 0.2) is 18.2 Å². The summed E-state index contributed by atoms with van der Waals surface area (Å²) in [6, 6.07) is 6.21. The van der Waals surface area contributed by atoms with E-state index in [2.05, 4.69) is 54.0 Å². The third-order valence-electron chi connectivity index (χ3n) is 3.17. The molecule has 2 rings (SSSR count). The molecular weight excluding hydrogens is 264 g/mol. The molecule has 0 aliphatic rings. The van der Waals surface area contributed by atoms with Crippen LogP contribution in [0.5, 0.6) is 0 Å². The molecule has 0 saturated carbocycles. The fourth-order valence-corrected chi connectivity index (χ4v) is 2.26. The maximum Gasteiger partial charge on any atom is 0.233 e. The van der Waals surface area contributed by atoms with E-state index in [1.807, 2.05) is 17.0 Å².